The molecule has 26 nitrogen and oxygen atoms in total. The lowest BCUT2D eigenvalue weighted by Gasteiger charge is -2.31. The number of hydrogen-bond acceptors (Lipinski definition) is 13. The van der Waals surface area contributed by atoms with Gasteiger partial charge in [0.2, 0.25) is 35.4 Å². The Morgan fingerprint density at radius 3 is 1.66 bits per heavy atom. The van der Waals surface area contributed by atoms with Crippen LogP contribution in [0, 0.1) is 0 Å². The third-order valence-electron chi connectivity index (χ3n) is 12.7. The van der Waals surface area contributed by atoms with E-state index >= 15 is 0 Å². The predicted octanol–water partition coefficient (Wildman–Crippen LogP) is -2.55. The molecule has 0 aromatic heterocycles. The van der Waals surface area contributed by atoms with Crippen LogP contribution in [0.5, 0.6) is 5.75 Å². The van der Waals surface area contributed by atoms with Crippen LogP contribution in [0.25, 0.3) is 10.8 Å². The molecule has 0 radical (unpaired) electrons. The zero-order chi connectivity index (χ0) is 56.4. The molecule has 0 aliphatic carbocycles. The van der Waals surface area contributed by atoms with Gasteiger partial charge in [-0.1, -0.05) is 54.6 Å². The van der Waals surface area contributed by atoms with Crippen molar-refractivity contribution in [3.05, 3.63) is 77.9 Å². The van der Waals surface area contributed by atoms with Crippen molar-refractivity contribution in [2.24, 2.45) is 60.8 Å². The Balaban J connectivity index is 1.63. The van der Waals surface area contributed by atoms with Crippen LogP contribution in [0.4, 0.5) is 0 Å². The van der Waals surface area contributed by atoms with Crippen molar-refractivity contribution in [3.63, 3.8) is 0 Å². The molecule has 77 heavy (non-hydrogen) atoms. The summed E-state index contributed by atoms with van der Waals surface area (Å²) < 4.78 is 0. The van der Waals surface area contributed by atoms with Gasteiger partial charge in [0, 0.05) is 39.0 Å². The van der Waals surface area contributed by atoms with Gasteiger partial charge in [0.15, 0.2) is 17.9 Å². The molecule has 23 N–H and O–H groups in total. The summed E-state index contributed by atoms with van der Waals surface area (Å²) in [5.74, 6) is -6.07. The number of carbonyl (C=O) groups excluding carboxylic acids is 6. The molecule has 1 aliphatic heterocycles. The first-order valence-corrected chi connectivity index (χ1v) is 25.7. The van der Waals surface area contributed by atoms with Crippen LogP contribution in [-0.4, -0.2) is 149 Å². The Kier molecular flexibility index (Phi) is 25.1. The summed E-state index contributed by atoms with van der Waals surface area (Å²) in [5, 5.41) is 35.3. The monoisotopic (exact) mass is 1070 g/mol. The van der Waals surface area contributed by atoms with E-state index in [-0.39, 0.29) is 114 Å². The maximum Gasteiger partial charge on any atom is 0.326 e. The highest BCUT2D eigenvalue weighted by atomic mass is 16.4. The number of carboxylic acids is 1. The van der Waals surface area contributed by atoms with E-state index in [0.717, 1.165) is 10.8 Å². The average molecular weight is 1070 g/mol. The summed E-state index contributed by atoms with van der Waals surface area (Å²) in [6.07, 6.45) is 2.38. The summed E-state index contributed by atoms with van der Waals surface area (Å²) in [4.78, 5) is 111. The first kappa shape index (κ1) is 61.3. The number of likely N-dealkylation sites (tertiary alicyclic amines) is 1. The summed E-state index contributed by atoms with van der Waals surface area (Å²) in [7, 11) is 0. The number of guanidine groups is 3. The lowest BCUT2D eigenvalue weighted by molar-refractivity contribution is -0.143. The van der Waals surface area contributed by atoms with Crippen LogP contribution >= 0.6 is 0 Å². The third-order valence-corrected chi connectivity index (χ3v) is 12.7. The van der Waals surface area contributed by atoms with Crippen molar-refractivity contribution in [2.75, 3.05) is 32.7 Å². The molecule has 1 heterocycles. The molecule has 1 fully saturated rings. The summed E-state index contributed by atoms with van der Waals surface area (Å²) in [6.45, 7) is 0.848. The Bertz CT molecular complexity index is 2550. The normalized spacial score (nSPS) is 15.3. The molecule has 7 atom stereocenters. The quantitative estimate of drug-likeness (QED) is 0.0174. The standard InChI is InChI=1S/C51H77N17O9/c52-22-4-3-12-37(47(75)68-26-8-15-41(68)46(74)67-39(28-30-17-20-34(69)21-18-30)45(73)65-38(48(76)77)14-7-25-62-51(58)59)64-44(72)40(29-31-16-19-32-9-1-2-10-33(32)27-31)66-43(71)36(13-6-24-61-50(56)57)63-42(70)35(53)11-5-23-60-49(54)55/h1-2,9-10,16-21,27,35-41,69H,3-8,11-15,22-26,28-29,52-53H2,(H,63,70)(H,64,72)(H,65,73)(H,66,71)(H,67,74)(H,76,77)(H4,54,55,60)(H4,56,57,61)(H4,58,59,62)/t35-,36-,37+,38-,39-,40-,41-/m0/s1. The van der Waals surface area contributed by atoms with Crippen molar-refractivity contribution in [3.8, 4) is 5.75 Å². The third kappa shape index (κ3) is 21.1. The van der Waals surface area contributed by atoms with Crippen LogP contribution in [0.2, 0.25) is 0 Å². The van der Waals surface area contributed by atoms with Crippen LogP contribution in [0.3, 0.4) is 0 Å². The number of fused-ring (bicyclic) bond motifs is 1. The number of rotatable bonds is 32. The number of carbonyl (C=O) groups is 7. The zero-order valence-electron chi connectivity index (χ0n) is 43.3. The van der Waals surface area contributed by atoms with Crippen LogP contribution in [-0.2, 0) is 46.4 Å². The number of aliphatic carboxylic acids is 1. The van der Waals surface area contributed by atoms with E-state index < -0.39 is 83.7 Å². The van der Waals surface area contributed by atoms with Gasteiger partial charge in [0.25, 0.3) is 0 Å². The molecular weight excluding hydrogens is 995 g/mol. The molecule has 1 saturated heterocycles. The van der Waals surface area contributed by atoms with Gasteiger partial charge in [-0.15, -0.1) is 0 Å². The molecule has 0 unspecified atom stereocenters. The molecule has 3 aromatic rings. The molecule has 420 valence electrons. The lowest BCUT2D eigenvalue weighted by atomic mass is 9.99. The Labute approximate surface area is 447 Å². The Morgan fingerprint density at radius 2 is 1.06 bits per heavy atom. The van der Waals surface area contributed by atoms with E-state index in [0.29, 0.717) is 36.8 Å². The number of nitrogens with one attached hydrogen (secondary N) is 5. The predicted molar refractivity (Wildman–Crippen MR) is 292 cm³/mol. The highest BCUT2D eigenvalue weighted by molar-refractivity contribution is 5.97. The number of phenols is 1. The van der Waals surface area contributed by atoms with Crippen LogP contribution < -0.4 is 72.5 Å². The number of amides is 6. The van der Waals surface area contributed by atoms with E-state index in [1.807, 2.05) is 42.5 Å². The molecule has 0 saturated carbocycles. The highest BCUT2D eigenvalue weighted by Crippen LogP contribution is 2.22. The van der Waals surface area contributed by atoms with E-state index in [1.54, 1.807) is 12.1 Å². The van der Waals surface area contributed by atoms with Gasteiger partial charge in [-0.25, -0.2) is 4.79 Å². The fourth-order valence-corrected chi connectivity index (χ4v) is 8.69. The highest BCUT2D eigenvalue weighted by Gasteiger charge is 2.40. The van der Waals surface area contributed by atoms with Crippen LogP contribution in [0.15, 0.2) is 81.7 Å². The van der Waals surface area contributed by atoms with Crippen molar-refractivity contribution in [1.29, 1.82) is 0 Å². The van der Waals surface area contributed by atoms with Gasteiger partial charge >= 0.3 is 5.97 Å². The first-order chi connectivity index (χ1) is 36.8. The topological polar surface area (TPSA) is 469 Å². The van der Waals surface area contributed by atoms with Crippen molar-refractivity contribution in [2.45, 2.75) is 126 Å². The second-order valence-electron chi connectivity index (χ2n) is 18.8. The number of hydrogen-bond donors (Lipinski definition) is 15. The van der Waals surface area contributed by atoms with Gasteiger partial charge in [-0.05, 0) is 111 Å². The van der Waals surface area contributed by atoms with E-state index in [4.69, 9.17) is 45.9 Å². The maximum absolute atomic E-state index is 14.8. The van der Waals surface area contributed by atoms with Gasteiger partial charge in [-0.2, -0.15) is 0 Å². The number of benzene rings is 3. The second kappa shape index (κ2) is 31.6. The second-order valence-corrected chi connectivity index (χ2v) is 18.8. The first-order valence-electron chi connectivity index (χ1n) is 25.7. The van der Waals surface area contributed by atoms with Gasteiger partial charge in [0.05, 0.1) is 6.04 Å². The largest absolute Gasteiger partial charge is 0.508 e. The summed E-state index contributed by atoms with van der Waals surface area (Å²) in [5.41, 5.74) is 46.0. The molecule has 0 spiro atoms. The molecule has 0 bridgehead atoms. The van der Waals surface area contributed by atoms with Gasteiger partial charge in [-0.3, -0.25) is 43.7 Å². The number of nitrogens with zero attached hydrogens (tertiary/aromatic N) is 4. The van der Waals surface area contributed by atoms with Crippen molar-refractivity contribution in [1.82, 2.24) is 31.5 Å². The average Bonchev–Trinajstić information content (AvgIpc) is 3.89. The smallest absolute Gasteiger partial charge is 0.326 e. The zero-order valence-corrected chi connectivity index (χ0v) is 43.3. The molecular formula is C51H77N17O9. The minimum Gasteiger partial charge on any atom is -0.508 e. The Morgan fingerprint density at radius 1 is 0.571 bits per heavy atom. The number of nitrogens with two attached hydrogens (primary N) is 8. The van der Waals surface area contributed by atoms with Gasteiger partial charge in [0.1, 0.15) is 42.0 Å². The van der Waals surface area contributed by atoms with E-state index in [2.05, 4.69) is 41.6 Å². The maximum atomic E-state index is 14.8. The number of carboxylic acid groups (broad SMARTS) is 1. The molecule has 1 aliphatic rings. The van der Waals surface area contributed by atoms with E-state index in [9.17, 15) is 43.8 Å². The molecule has 26 heteroatoms. The van der Waals surface area contributed by atoms with Crippen molar-refractivity contribution < 1.29 is 43.8 Å². The van der Waals surface area contributed by atoms with Crippen molar-refractivity contribution >= 4 is 70.1 Å². The minimum absolute atomic E-state index is 0.0380. The molecule has 6 amide bonds. The number of unbranched alkanes of at least 4 members (excludes halogenated alkanes) is 1. The number of aromatic hydroxyl groups is 1. The number of phenolic OH excluding ortho intramolecular Hbond substituents is 1. The SMILES string of the molecule is NCCCC[C@@H](NC(=O)[C@H](Cc1ccc2ccccc2c1)NC(=O)[C@H](CCCN=C(N)N)NC(=O)[C@@H](N)CCCN=C(N)N)C(=O)N1CCC[C@H]1C(=O)N[C@@H](Cc1ccc(O)cc1)C(=O)N[C@@H](CCCN=C(N)N)C(=O)O. The minimum atomic E-state index is -1.37. The fraction of sp³-hybridized carbons (Fsp3) is 0.490. The van der Waals surface area contributed by atoms with Gasteiger partial charge < -0.3 is 87.6 Å². The summed E-state index contributed by atoms with van der Waals surface area (Å²) in [6, 6.07) is 10.4. The molecule has 3 aromatic carbocycles. The lowest BCUT2D eigenvalue weighted by Crippen LogP contribution is -2.60. The van der Waals surface area contributed by atoms with E-state index in [1.165, 1.54) is 17.0 Å². The van der Waals surface area contributed by atoms with Crippen LogP contribution in [0.1, 0.15) is 81.8 Å². The molecule has 4 rings (SSSR count). The number of aliphatic imine (C=N–C) groups is 3. The Hall–Kier alpha value is -8.26. The fourth-order valence-electron chi connectivity index (χ4n) is 8.69. The summed E-state index contributed by atoms with van der Waals surface area (Å²) >= 11 is 0.